The van der Waals surface area contributed by atoms with Gasteiger partial charge in [-0.2, -0.15) is 0 Å². The highest BCUT2D eigenvalue weighted by molar-refractivity contribution is 5.90. The molecule has 3 rings (SSSR count). The van der Waals surface area contributed by atoms with Crippen molar-refractivity contribution in [3.8, 4) is 0 Å². The summed E-state index contributed by atoms with van der Waals surface area (Å²) in [5, 5.41) is 38.9. The number of carboxylic acid groups (broad SMARTS) is 1. The number of ether oxygens (including phenoxy) is 2. The van der Waals surface area contributed by atoms with Crippen molar-refractivity contribution in [2.45, 2.75) is 59.0 Å². The van der Waals surface area contributed by atoms with Gasteiger partial charge in [0.1, 0.15) is 12.5 Å². The van der Waals surface area contributed by atoms with Gasteiger partial charge in [-0.15, -0.1) is 0 Å². The number of carboxylic acids is 1. The molecule has 0 unspecified atom stereocenters. The van der Waals surface area contributed by atoms with Crippen LogP contribution in [-0.2, 0) is 23.9 Å². The van der Waals surface area contributed by atoms with E-state index in [1.165, 1.54) is 6.08 Å². The number of aliphatic hydroxyl groups is 3. The van der Waals surface area contributed by atoms with Crippen LogP contribution in [0.5, 0.6) is 0 Å². The van der Waals surface area contributed by atoms with Gasteiger partial charge in [-0.3, -0.25) is 4.79 Å². The summed E-state index contributed by atoms with van der Waals surface area (Å²) < 4.78 is 11.4. The molecule has 3 aliphatic rings. The highest BCUT2D eigenvalue weighted by Crippen LogP contribution is 2.51. The third-order valence-electron chi connectivity index (χ3n) is 8.66. The van der Waals surface area contributed by atoms with Crippen molar-refractivity contribution in [1.82, 2.24) is 0 Å². The minimum absolute atomic E-state index is 0.0591. The summed E-state index contributed by atoms with van der Waals surface area (Å²) >= 11 is 0. The maximum absolute atomic E-state index is 13.5. The van der Waals surface area contributed by atoms with Crippen molar-refractivity contribution in [2.75, 3.05) is 26.4 Å². The van der Waals surface area contributed by atoms with Crippen LogP contribution in [-0.4, -0.2) is 70.4 Å². The second-order valence-corrected chi connectivity index (χ2v) is 11.6. The van der Waals surface area contributed by atoms with E-state index >= 15 is 0 Å². The molecule has 9 heteroatoms. The van der Waals surface area contributed by atoms with Crippen LogP contribution in [0, 0.1) is 41.4 Å². The van der Waals surface area contributed by atoms with Crippen LogP contribution in [0.3, 0.4) is 0 Å². The molecule has 2 aliphatic carbocycles. The molecule has 0 aromatic carbocycles. The van der Waals surface area contributed by atoms with E-state index in [0.29, 0.717) is 18.8 Å². The molecule has 0 bridgehead atoms. The Hall–Kier alpha value is -2.49. The fraction of sp³-hybridized carbons (Fsp3) is 0.690. The van der Waals surface area contributed by atoms with Crippen LogP contribution in [0.2, 0.25) is 0 Å². The summed E-state index contributed by atoms with van der Waals surface area (Å²) in [6, 6.07) is 0. The molecule has 0 radical (unpaired) electrons. The minimum Gasteiger partial charge on any atom is -0.478 e. The monoisotopic (exact) mass is 534 g/mol. The Morgan fingerprint density at radius 3 is 2.26 bits per heavy atom. The summed E-state index contributed by atoms with van der Waals surface area (Å²) in [4.78, 5) is 38.1. The number of allylic oxidation sites excluding steroid dienone is 3. The van der Waals surface area contributed by atoms with Crippen molar-refractivity contribution in [1.29, 1.82) is 0 Å². The number of aliphatic hydroxyl groups excluding tert-OH is 3. The molecule has 212 valence electrons. The second-order valence-electron chi connectivity index (χ2n) is 11.6. The zero-order chi connectivity index (χ0) is 28.2. The van der Waals surface area contributed by atoms with Gasteiger partial charge >= 0.3 is 17.9 Å². The topological polar surface area (TPSA) is 151 Å². The van der Waals surface area contributed by atoms with Crippen LogP contribution in [0.1, 0.15) is 53.4 Å². The normalized spacial score (nSPS) is 32.2. The first-order chi connectivity index (χ1) is 18.0. The van der Waals surface area contributed by atoms with E-state index in [0.717, 1.165) is 18.4 Å². The number of carbonyl (C=O) groups is 3. The molecular formula is C29H42O9. The Bertz CT molecular complexity index is 992. The minimum atomic E-state index is -1.30. The van der Waals surface area contributed by atoms with Crippen molar-refractivity contribution >= 4 is 17.9 Å². The van der Waals surface area contributed by atoms with Gasteiger partial charge in [0.15, 0.2) is 5.60 Å². The first-order valence-corrected chi connectivity index (χ1v) is 13.5. The molecule has 4 N–H and O–H groups in total. The standard InChI is InChI=1S/C29H42O9/c1-16(2)22-6-5-18(12-30)9-19(22)10-21(14-32)27(35)38-29-8-7-23(17(3)4)24(11-20(13-31)26(33)34)25(29)28(36)37-15-29/h9-11,16-17,19,22-25,30-32H,5-8,12-15H2,1-4H3,(H,33,34)/t19-,22-,23-,24-,25-,29-/m1/s1. The van der Waals surface area contributed by atoms with Crippen LogP contribution in [0.15, 0.2) is 34.9 Å². The third-order valence-corrected chi connectivity index (χ3v) is 8.66. The van der Waals surface area contributed by atoms with E-state index in [2.05, 4.69) is 13.8 Å². The summed E-state index contributed by atoms with van der Waals surface area (Å²) in [6.45, 7) is 6.73. The van der Waals surface area contributed by atoms with Gasteiger partial charge in [0, 0.05) is 0 Å². The molecule has 1 heterocycles. The molecule has 0 amide bonds. The number of esters is 2. The number of rotatable bonds is 10. The number of hydrogen-bond acceptors (Lipinski definition) is 8. The highest BCUT2D eigenvalue weighted by Gasteiger charge is 2.60. The first-order valence-electron chi connectivity index (χ1n) is 13.5. The predicted molar refractivity (Wildman–Crippen MR) is 139 cm³/mol. The summed E-state index contributed by atoms with van der Waals surface area (Å²) in [5.74, 6) is -3.70. The third kappa shape index (κ3) is 6.21. The van der Waals surface area contributed by atoms with Crippen LogP contribution in [0.4, 0.5) is 0 Å². The van der Waals surface area contributed by atoms with E-state index in [9.17, 15) is 34.8 Å². The second kappa shape index (κ2) is 12.6. The Morgan fingerprint density at radius 2 is 1.71 bits per heavy atom. The zero-order valence-electron chi connectivity index (χ0n) is 22.8. The lowest BCUT2D eigenvalue weighted by atomic mass is 9.62. The molecule has 0 aromatic heterocycles. The Labute approximate surface area is 224 Å². The van der Waals surface area contributed by atoms with Gasteiger partial charge < -0.3 is 29.9 Å². The maximum Gasteiger partial charge on any atom is 0.336 e. The first kappa shape index (κ1) is 30.1. The quantitative estimate of drug-likeness (QED) is 0.188. The molecule has 1 saturated carbocycles. The average Bonchev–Trinajstić information content (AvgIpc) is 3.20. The molecular weight excluding hydrogens is 492 g/mol. The zero-order valence-corrected chi connectivity index (χ0v) is 22.8. The van der Waals surface area contributed by atoms with Gasteiger partial charge in [-0.1, -0.05) is 45.9 Å². The van der Waals surface area contributed by atoms with Crippen molar-refractivity contribution in [2.24, 2.45) is 41.4 Å². The van der Waals surface area contributed by atoms with Crippen LogP contribution >= 0.6 is 0 Å². The van der Waals surface area contributed by atoms with E-state index in [1.54, 1.807) is 6.08 Å². The molecule has 1 aliphatic heterocycles. The smallest absolute Gasteiger partial charge is 0.336 e. The van der Waals surface area contributed by atoms with Gasteiger partial charge in [-0.25, -0.2) is 9.59 Å². The van der Waals surface area contributed by atoms with Crippen molar-refractivity contribution < 1.29 is 44.3 Å². The fourth-order valence-corrected chi connectivity index (χ4v) is 6.51. The van der Waals surface area contributed by atoms with Crippen LogP contribution < -0.4 is 0 Å². The molecule has 0 aromatic rings. The number of fused-ring (bicyclic) bond motifs is 1. The molecule has 38 heavy (non-hydrogen) atoms. The maximum atomic E-state index is 13.5. The van der Waals surface area contributed by atoms with Gasteiger partial charge in [0.05, 0.1) is 31.0 Å². The summed E-state index contributed by atoms with van der Waals surface area (Å²) in [5.41, 5.74) is -0.559. The van der Waals surface area contributed by atoms with Crippen molar-refractivity contribution in [3.63, 3.8) is 0 Å². The largest absolute Gasteiger partial charge is 0.478 e. The van der Waals surface area contributed by atoms with Gasteiger partial charge in [-0.05, 0) is 66.8 Å². The lowest BCUT2D eigenvalue weighted by molar-refractivity contribution is -0.168. The molecule has 0 spiro atoms. The van der Waals surface area contributed by atoms with E-state index in [1.807, 2.05) is 19.9 Å². The molecule has 1 saturated heterocycles. The van der Waals surface area contributed by atoms with Gasteiger partial charge in [0.2, 0.25) is 0 Å². The fourth-order valence-electron chi connectivity index (χ4n) is 6.51. The number of carbonyl (C=O) groups excluding carboxylic acids is 2. The lowest BCUT2D eigenvalue weighted by Gasteiger charge is -2.44. The summed E-state index contributed by atoms with van der Waals surface area (Å²) in [6.07, 6.45) is 7.64. The van der Waals surface area contributed by atoms with E-state index in [4.69, 9.17) is 9.47 Å². The SMILES string of the molecule is CC(C)[C@H]1CCC(CO)=C[C@@H]1C=C(CO)C(=O)O[C@@]12CC[C@H](C(C)C)[C@@H](C=C(CO)C(=O)O)[C@@H]1C(=O)OC2. The Kier molecular flexibility index (Phi) is 9.95. The summed E-state index contributed by atoms with van der Waals surface area (Å²) in [7, 11) is 0. The van der Waals surface area contributed by atoms with E-state index in [-0.39, 0.29) is 48.0 Å². The number of cyclic esters (lactones) is 1. The van der Waals surface area contributed by atoms with Gasteiger partial charge in [0.25, 0.3) is 0 Å². The van der Waals surface area contributed by atoms with E-state index < -0.39 is 48.6 Å². The van der Waals surface area contributed by atoms with Crippen LogP contribution in [0.25, 0.3) is 0 Å². The molecule has 2 fully saturated rings. The highest BCUT2D eigenvalue weighted by atomic mass is 16.6. The molecule has 6 atom stereocenters. The Balaban J connectivity index is 1.96. The predicted octanol–water partition coefficient (Wildman–Crippen LogP) is 2.65. The number of aliphatic carboxylic acids is 1. The molecule has 9 nitrogen and oxygen atoms in total. The number of hydrogen-bond donors (Lipinski definition) is 4. The van der Waals surface area contributed by atoms with Crippen molar-refractivity contribution in [3.05, 3.63) is 34.9 Å². The lowest BCUT2D eigenvalue weighted by Crippen LogP contribution is -2.52. The Morgan fingerprint density at radius 1 is 1.05 bits per heavy atom. The average molecular weight is 535 g/mol.